The Labute approximate surface area is 110 Å². The van der Waals surface area contributed by atoms with Crippen molar-refractivity contribution in [3.05, 3.63) is 47.8 Å². The average Bonchev–Trinajstić information content (AvgIpc) is 2.46. The van der Waals surface area contributed by atoms with Gasteiger partial charge in [0.25, 0.3) is 0 Å². The van der Waals surface area contributed by atoms with Gasteiger partial charge in [0, 0.05) is 11.1 Å². The molecule has 96 valence electrons. The summed E-state index contributed by atoms with van der Waals surface area (Å²) in [5, 5.41) is 9.12. The van der Waals surface area contributed by atoms with E-state index in [4.69, 9.17) is 14.7 Å². The minimum Gasteiger partial charge on any atom is -0.493 e. The Kier molecular flexibility index (Phi) is 3.67. The van der Waals surface area contributed by atoms with Crippen LogP contribution in [0, 0.1) is 17.1 Å². The van der Waals surface area contributed by atoms with Crippen molar-refractivity contribution in [2.75, 3.05) is 14.2 Å². The Hall–Kier alpha value is -2.54. The number of rotatable bonds is 3. The highest BCUT2D eigenvalue weighted by Gasteiger charge is 2.15. The number of methoxy groups -OCH3 is 2. The van der Waals surface area contributed by atoms with E-state index in [0.29, 0.717) is 28.2 Å². The fraction of sp³-hybridized carbons (Fsp3) is 0.133. The second-order valence-electron chi connectivity index (χ2n) is 3.84. The molecule has 0 N–H and O–H groups in total. The van der Waals surface area contributed by atoms with Gasteiger partial charge in [-0.05, 0) is 24.3 Å². The highest BCUT2D eigenvalue weighted by molar-refractivity contribution is 5.78. The van der Waals surface area contributed by atoms with Crippen molar-refractivity contribution in [3.63, 3.8) is 0 Å². The van der Waals surface area contributed by atoms with E-state index in [9.17, 15) is 4.39 Å². The Bertz CT molecular complexity index is 647. The molecule has 0 aromatic heterocycles. The fourth-order valence-electron chi connectivity index (χ4n) is 1.94. The number of halogens is 1. The molecule has 2 aromatic carbocycles. The molecular weight excluding hydrogens is 245 g/mol. The smallest absolute Gasteiger partial charge is 0.168 e. The summed E-state index contributed by atoms with van der Waals surface area (Å²) in [6.07, 6.45) is 0. The molecule has 0 aliphatic heterocycles. The lowest BCUT2D eigenvalue weighted by Crippen LogP contribution is -1.95. The van der Waals surface area contributed by atoms with E-state index in [-0.39, 0.29) is 0 Å². The van der Waals surface area contributed by atoms with Crippen LogP contribution in [0.2, 0.25) is 0 Å². The third kappa shape index (κ3) is 2.36. The summed E-state index contributed by atoms with van der Waals surface area (Å²) in [5.41, 5.74) is 1.49. The van der Waals surface area contributed by atoms with Gasteiger partial charge in [0.05, 0.1) is 25.9 Å². The third-order valence-corrected chi connectivity index (χ3v) is 2.80. The number of hydrogen-bond acceptors (Lipinski definition) is 3. The Morgan fingerprint density at radius 3 is 2.47 bits per heavy atom. The largest absolute Gasteiger partial charge is 0.493 e. The van der Waals surface area contributed by atoms with Crippen molar-refractivity contribution in [1.82, 2.24) is 0 Å². The van der Waals surface area contributed by atoms with Crippen molar-refractivity contribution in [3.8, 4) is 28.7 Å². The van der Waals surface area contributed by atoms with Crippen LogP contribution in [0.25, 0.3) is 11.1 Å². The van der Waals surface area contributed by atoms with Gasteiger partial charge in [-0.15, -0.1) is 0 Å². The fourth-order valence-corrected chi connectivity index (χ4v) is 1.94. The summed E-state index contributed by atoms with van der Waals surface area (Å²) >= 11 is 0. The molecule has 0 aliphatic rings. The number of hydrogen-bond donors (Lipinski definition) is 0. The van der Waals surface area contributed by atoms with Crippen LogP contribution in [-0.2, 0) is 0 Å². The van der Waals surface area contributed by atoms with Crippen LogP contribution in [0.3, 0.4) is 0 Å². The Morgan fingerprint density at radius 1 is 1.05 bits per heavy atom. The first-order chi connectivity index (χ1) is 9.21. The van der Waals surface area contributed by atoms with Crippen LogP contribution >= 0.6 is 0 Å². The first kappa shape index (κ1) is 12.9. The molecular formula is C15H12FNO2. The number of nitriles is 1. The molecule has 0 fully saturated rings. The molecule has 2 rings (SSSR count). The van der Waals surface area contributed by atoms with Crippen LogP contribution in [0.15, 0.2) is 36.4 Å². The van der Waals surface area contributed by atoms with E-state index < -0.39 is 5.82 Å². The predicted octanol–water partition coefficient (Wildman–Crippen LogP) is 3.38. The molecule has 0 bridgehead atoms. The molecule has 0 heterocycles. The van der Waals surface area contributed by atoms with Gasteiger partial charge in [0.15, 0.2) is 11.5 Å². The molecule has 3 nitrogen and oxygen atoms in total. The molecule has 0 aliphatic carbocycles. The lowest BCUT2D eigenvalue weighted by molar-refractivity contribution is 0.356. The van der Waals surface area contributed by atoms with Gasteiger partial charge in [-0.2, -0.15) is 5.26 Å². The molecule has 0 unspecified atom stereocenters. The van der Waals surface area contributed by atoms with Gasteiger partial charge >= 0.3 is 0 Å². The van der Waals surface area contributed by atoms with E-state index in [1.165, 1.54) is 32.4 Å². The van der Waals surface area contributed by atoms with Gasteiger partial charge in [-0.3, -0.25) is 0 Å². The van der Waals surface area contributed by atoms with Crippen LogP contribution < -0.4 is 9.47 Å². The molecule has 0 atom stereocenters. The first-order valence-electron chi connectivity index (χ1n) is 5.62. The second-order valence-corrected chi connectivity index (χ2v) is 3.84. The summed E-state index contributed by atoms with van der Waals surface area (Å²) in [5.74, 6) is 0.610. The van der Waals surface area contributed by atoms with Crippen molar-refractivity contribution < 1.29 is 13.9 Å². The maximum absolute atomic E-state index is 13.4. The molecule has 19 heavy (non-hydrogen) atoms. The predicted molar refractivity (Wildman–Crippen MR) is 69.7 cm³/mol. The summed E-state index contributed by atoms with van der Waals surface area (Å²) in [6, 6.07) is 11.3. The lowest BCUT2D eigenvalue weighted by atomic mass is 9.99. The number of nitrogens with zero attached hydrogens (tertiary/aromatic N) is 1. The summed E-state index contributed by atoms with van der Waals surface area (Å²) in [4.78, 5) is 0. The van der Waals surface area contributed by atoms with Crippen LogP contribution in [0.1, 0.15) is 5.56 Å². The highest BCUT2D eigenvalue weighted by atomic mass is 19.1. The topological polar surface area (TPSA) is 42.2 Å². The molecule has 2 aromatic rings. The third-order valence-electron chi connectivity index (χ3n) is 2.80. The second kappa shape index (κ2) is 5.40. The minimum absolute atomic E-state index is 0.382. The van der Waals surface area contributed by atoms with Crippen LogP contribution in [0.4, 0.5) is 4.39 Å². The van der Waals surface area contributed by atoms with Gasteiger partial charge in [-0.1, -0.05) is 12.1 Å². The molecule has 0 saturated carbocycles. The highest BCUT2D eigenvalue weighted by Crippen LogP contribution is 2.39. The summed E-state index contributed by atoms with van der Waals surface area (Å²) < 4.78 is 23.9. The Balaban J connectivity index is 2.72. The van der Waals surface area contributed by atoms with E-state index in [2.05, 4.69) is 0 Å². The zero-order valence-corrected chi connectivity index (χ0v) is 10.6. The summed E-state index contributed by atoms with van der Waals surface area (Å²) in [6.45, 7) is 0. The molecule has 0 amide bonds. The SMILES string of the molecule is COc1cccc(-c2cc(F)ccc2C#N)c1OC. The number of benzene rings is 2. The van der Waals surface area contributed by atoms with E-state index in [1.807, 2.05) is 6.07 Å². The van der Waals surface area contributed by atoms with Gasteiger partial charge in [-0.25, -0.2) is 4.39 Å². The number of para-hydroxylation sites is 1. The van der Waals surface area contributed by atoms with Crippen molar-refractivity contribution >= 4 is 0 Å². The van der Waals surface area contributed by atoms with E-state index >= 15 is 0 Å². The van der Waals surface area contributed by atoms with Crippen molar-refractivity contribution in [1.29, 1.82) is 5.26 Å². The Morgan fingerprint density at radius 2 is 1.84 bits per heavy atom. The van der Waals surface area contributed by atoms with E-state index in [1.54, 1.807) is 18.2 Å². The van der Waals surface area contributed by atoms with Gasteiger partial charge in [0.1, 0.15) is 5.82 Å². The van der Waals surface area contributed by atoms with Crippen molar-refractivity contribution in [2.24, 2.45) is 0 Å². The molecule has 0 radical (unpaired) electrons. The minimum atomic E-state index is -0.404. The molecule has 0 saturated heterocycles. The monoisotopic (exact) mass is 257 g/mol. The normalized spacial score (nSPS) is 9.79. The van der Waals surface area contributed by atoms with Crippen LogP contribution in [-0.4, -0.2) is 14.2 Å². The molecule has 4 heteroatoms. The first-order valence-corrected chi connectivity index (χ1v) is 5.62. The average molecular weight is 257 g/mol. The maximum Gasteiger partial charge on any atom is 0.168 e. The zero-order chi connectivity index (χ0) is 13.8. The summed E-state index contributed by atoms with van der Waals surface area (Å²) in [7, 11) is 3.03. The van der Waals surface area contributed by atoms with E-state index in [0.717, 1.165) is 0 Å². The standard InChI is InChI=1S/C15H12FNO2/c1-18-14-5-3-4-12(15(14)19-2)13-8-11(16)7-6-10(13)9-17/h3-8H,1-2H3. The lowest BCUT2D eigenvalue weighted by Gasteiger charge is -2.13. The molecule has 0 spiro atoms. The van der Waals surface area contributed by atoms with Gasteiger partial charge in [0.2, 0.25) is 0 Å². The van der Waals surface area contributed by atoms with Gasteiger partial charge < -0.3 is 9.47 Å². The maximum atomic E-state index is 13.4. The quantitative estimate of drug-likeness (QED) is 0.846. The zero-order valence-electron chi connectivity index (χ0n) is 10.6. The van der Waals surface area contributed by atoms with Crippen LogP contribution in [0.5, 0.6) is 11.5 Å². The van der Waals surface area contributed by atoms with Crippen molar-refractivity contribution in [2.45, 2.75) is 0 Å². The number of ether oxygens (including phenoxy) is 2.